The number of hydrogen-bond donors (Lipinski definition) is 1. The zero-order chi connectivity index (χ0) is 17.8. The smallest absolute Gasteiger partial charge is 0.225 e. The molecule has 1 aliphatic carbocycles. The van der Waals surface area contributed by atoms with Crippen LogP contribution in [0.5, 0.6) is 0 Å². The largest absolute Gasteiger partial charge is 0.356 e. The Hall–Kier alpha value is -1.92. The summed E-state index contributed by atoms with van der Waals surface area (Å²) in [6, 6.07) is 0. The molecule has 2 heterocycles. The van der Waals surface area contributed by atoms with Gasteiger partial charge in [0.1, 0.15) is 11.6 Å². The van der Waals surface area contributed by atoms with E-state index in [-0.39, 0.29) is 17.7 Å². The molecular weight excluding hydrogens is 318 g/mol. The third-order valence-electron chi connectivity index (χ3n) is 5.44. The molecule has 138 valence electrons. The quantitative estimate of drug-likeness (QED) is 0.790. The molecule has 0 aromatic carbocycles. The molecule has 1 aromatic heterocycles. The van der Waals surface area contributed by atoms with Gasteiger partial charge in [-0.15, -0.1) is 0 Å². The van der Waals surface area contributed by atoms with Crippen LogP contribution in [0.3, 0.4) is 0 Å². The van der Waals surface area contributed by atoms with Crippen LogP contribution in [0.25, 0.3) is 0 Å². The number of carbonyl (C=O) groups excluding carboxylic acids is 2. The molecule has 0 atom stereocenters. The van der Waals surface area contributed by atoms with E-state index in [1.165, 1.54) is 6.42 Å². The Morgan fingerprint density at radius 3 is 2.40 bits per heavy atom. The van der Waals surface area contributed by atoms with Gasteiger partial charge in [0.05, 0.1) is 0 Å². The molecule has 0 spiro atoms. The summed E-state index contributed by atoms with van der Waals surface area (Å²) >= 11 is 0. The molecule has 1 aliphatic heterocycles. The molecule has 2 fully saturated rings. The lowest BCUT2D eigenvalue weighted by Crippen LogP contribution is -2.46. The Labute approximate surface area is 149 Å². The van der Waals surface area contributed by atoms with Gasteiger partial charge in [0.25, 0.3) is 0 Å². The minimum atomic E-state index is 0.0424. The number of hydrogen-bond acceptors (Lipinski definition) is 4. The van der Waals surface area contributed by atoms with Gasteiger partial charge in [-0.25, -0.2) is 4.98 Å². The SMILES string of the molecule is Cc1nc(C)n(CCCNC(=O)C2CCN(C(=O)C3CCC3)CC2)n1. The molecule has 1 aromatic rings. The van der Waals surface area contributed by atoms with Crippen molar-refractivity contribution in [3.8, 4) is 0 Å². The molecule has 25 heavy (non-hydrogen) atoms. The predicted octanol–water partition coefficient (Wildman–Crippen LogP) is 1.44. The Balaban J connectivity index is 1.34. The molecular formula is C18H29N5O2. The van der Waals surface area contributed by atoms with E-state index >= 15 is 0 Å². The Morgan fingerprint density at radius 1 is 1.12 bits per heavy atom. The van der Waals surface area contributed by atoms with Crippen molar-refractivity contribution in [2.45, 2.75) is 58.9 Å². The number of amides is 2. The summed E-state index contributed by atoms with van der Waals surface area (Å²) in [5.41, 5.74) is 0. The molecule has 3 rings (SSSR count). The summed E-state index contributed by atoms with van der Waals surface area (Å²) in [4.78, 5) is 30.8. The average Bonchev–Trinajstić information content (AvgIpc) is 2.87. The van der Waals surface area contributed by atoms with Crippen molar-refractivity contribution in [2.75, 3.05) is 19.6 Å². The van der Waals surface area contributed by atoms with Crippen LogP contribution in [0, 0.1) is 25.7 Å². The highest BCUT2D eigenvalue weighted by molar-refractivity contribution is 5.81. The highest BCUT2D eigenvalue weighted by Crippen LogP contribution is 2.30. The molecule has 1 saturated carbocycles. The van der Waals surface area contributed by atoms with Crippen LogP contribution >= 0.6 is 0 Å². The van der Waals surface area contributed by atoms with Gasteiger partial charge in [-0.05, 0) is 46.0 Å². The van der Waals surface area contributed by atoms with E-state index in [0.29, 0.717) is 12.5 Å². The summed E-state index contributed by atoms with van der Waals surface area (Å²) < 4.78 is 1.88. The van der Waals surface area contributed by atoms with E-state index in [1.54, 1.807) is 0 Å². The maximum atomic E-state index is 12.3. The number of nitrogens with one attached hydrogen (secondary N) is 1. The summed E-state index contributed by atoms with van der Waals surface area (Å²) in [5, 5.41) is 7.36. The number of nitrogens with zero attached hydrogens (tertiary/aromatic N) is 4. The van der Waals surface area contributed by atoms with E-state index in [9.17, 15) is 9.59 Å². The fraction of sp³-hybridized carbons (Fsp3) is 0.778. The van der Waals surface area contributed by atoms with Crippen molar-refractivity contribution in [1.82, 2.24) is 25.0 Å². The first-order valence-corrected chi connectivity index (χ1v) is 9.49. The van der Waals surface area contributed by atoms with Crippen LogP contribution in [0.2, 0.25) is 0 Å². The molecule has 2 amide bonds. The van der Waals surface area contributed by atoms with Crippen LogP contribution in [0.1, 0.15) is 50.2 Å². The van der Waals surface area contributed by atoms with Gasteiger partial charge in [-0.1, -0.05) is 6.42 Å². The highest BCUT2D eigenvalue weighted by atomic mass is 16.2. The van der Waals surface area contributed by atoms with Gasteiger partial charge in [-0.2, -0.15) is 5.10 Å². The van der Waals surface area contributed by atoms with Crippen molar-refractivity contribution >= 4 is 11.8 Å². The van der Waals surface area contributed by atoms with E-state index in [2.05, 4.69) is 15.4 Å². The lowest BCUT2D eigenvalue weighted by molar-refractivity contribution is -0.141. The van der Waals surface area contributed by atoms with Gasteiger partial charge in [-0.3, -0.25) is 14.3 Å². The lowest BCUT2D eigenvalue weighted by Gasteiger charge is -2.36. The van der Waals surface area contributed by atoms with Crippen LogP contribution in [0.15, 0.2) is 0 Å². The minimum absolute atomic E-state index is 0.0424. The maximum absolute atomic E-state index is 12.3. The zero-order valence-electron chi connectivity index (χ0n) is 15.3. The molecule has 0 bridgehead atoms. The highest BCUT2D eigenvalue weighted by Gasteiger charge is 2.33. The average molecular weight is 347 g/mol. The molecule has 7 nitrogen and oxygen atoms in total. The van der Waals surface area contributed by atoms with E-state index in [1.807, 2.05) is 23.4 Å². The summed E-state index contributed by atoms with van der Waals surface area (Å²) in [6.07, 6.45) is 5.68. The third-order valence-corrected chi connectivity index (χ3v) is 5.44. The monoisotopic (exact) mass is 347 g/mol. The van der Waals surface area contributed by atoms with Crippen LogP contribution in [0.4, 0.5) is 0 Å². The second-order valence-corrected chi connectivity index (χ2v) is 7.30. The third kappa shape index (κ3) is 4.38. The Bertz CT molecular complexity index is 615. The fourth-order valence-electron chi connectivity index (χ4n) is 3.63. The summed E-state index contributed by atoms with van der Waals surface area (Å²) in [7, 11) is 0. The van der Waals surface area contributed by atoms with Crippen LogP contribution in [-0.4, -0.2) is 51.1 Å². The maximum Gasteiger partial charge on any atom is 0.225 e. The first kappa shape index (κ1) is 17.9. The van der Waals surface area contributed by atoms with Crippen molar-refractivity contribution in [1.29, 1.82) is 0 Å². The lowest BCUT2D eigenvalue weighted by atomic mass is 9.83. The fourth-order valence-corrected chi connectivity index (χ4v) is 3.63. The van der Waals surface area contributed by atoms with Crippen molar-refractivity contribution in [3.05, 3.63) is 11.6 Å². The van der Waals surface area contributed by atoms with Gasteiger partial charge in [0, 0.05) is 38.0 Å². The number of carbonyl (C=O) groups is 2. The molecule has 0 unspecified atom stereocenters. The topological polar surface area (TPSA) is 80.1 Å². The molecule has 7 heteroatoms. The number of likely N-dealkylation sites (tertiary alicyclic amines) is 1. The Kier molecular flexibility index (Phi) is 5.71. The van der Waals surface area contributed by atoms with Gasteiger partial charge >= 0.3 is 0 Å². The second kappa shape index (κ2) is 7.97. The number of aryl methyl sites for hydroxylation is 3. The normalized spacial score (nSPS) is 18.9. The van der Waals surface area contributed by atoms with Crippen molar-refractivity contribution < 1.29 is 9.59 Å². The van der Waals surface area contributed by atoms with Crippen molar-refractivity contribution in [3.63, 3.8) is 0 Å². The standard InChI is InChI=1S/C18H29N5O2/c1-13-20-14(2)23(21-13)10-4-9-19-17(24)15-7-11-22(12-8-15)18(25)16-5-3-6-16/h15-16H,3-12H2,1-2H3,(H,19,24). The number of aromatic nitrogens is 3. The van der Waals surface area contributed by atoms with Gasteiger partial charge in [0.15, 0.2) is 0 Å². The van der Waals surface area contributed by atoms with E-state index in [0.717, 1.165) is 63.4 Å². The predicted molar refractivity (Wildman–Crippen MR) is 93.8 cm³/mol. The van der Waals surface area contributed by atoms with Crippen molar-refractivity contribution in [2.24, 2.45) is 11.8 Å². The van der Waals surface area contributed by atoms with Crippen LogP contribution in [-0.2, 0) is 16.1 Å². The minimum Gasteiger partial charge on any atom is -0.356 e. The number of rotatable bonds is 6. The molecule has 2 aliphatic rings. The van der Waals surface area contributed by atoms with E-state index < -0.39 is 0 Å². The summed E-state index contributed by atoms with van der Waals surface area (Å²) in [6.45, 7) is 6.69. The van der Waals surface area contributed by atoms with Gasteiger partial charge < -0.3 is 10.2 Å². The molecule has 0 radical (unpaired) electrons. The molecule has 1 N–H and O–H groups in total. The second-order valence-electron chi connectivity index (χ2n) is 7.30. The molecule has 1 saturated heterocycles. The number of piperidine rings is 1. The van der Waals surface area contributed by atoms with Gasteiger partial charge in [0.2, 0.25) is 11.8 Å². The first-order valence-electron chi connectivity index (χ1n) is 9.49. The van der Waals surface area contributed by atoms with Crippen LogP contribution < -0.4 is 5.32 Å². The Morgan fingerprint density at radius 2 is 1.84 bits per heavy atom. The zero-order valence-corrected chi connectivity index (χ0v) is 15.3. The summed E-state index contributed by atoms with van der Waals surface area (Å²) in [5.74, 6) is 2.43. The van der Waals surface area contributed by atoms with E-state index in [4.69, 9.17) is 0 Å². The first-order chi connectivity index (χ1) is 12.0.